The van der Waals surface area contributed by atoms with Crippen molar-refractivity contribution in [2.24, 2.45) is 0 Å². The maximum atomic E-state index is 12.4. The zero-order valence-electron chi connectivity index (χ0n) is 14.0. The molecule has 0 saturated carbocycles. The molecule has 0 fully saturated rings. The fraction of sp³-hybridized carbons (Fsp3) is 0.111. The Morgan fingerprint density at radius 3 is 2.07 bits per heavy atom. The normalized spacial score (nSPS) is 12.5. The molecule has 2 aromatic carbocycles. The average molecular weight is 407 g/mol. The van der Waals surface area contributed by atoms with Crippen LogP contribution in [0, 0.1) is 0 Å². The van der Waals surface area contributed by atoms with E-state index in [9.17, 15) is 14.4 Å². The monoisotopic (exact) mass is 406 g/mol. The third-order valence-corrected chi connectivity index (χ3v) is 4.16. The zero-order valence-corrected chi connectivity index (χ0v) is 15.6. The van der Waals surface area contributed by atoms with Crippen molar-refractivity contribution in [2.45, 2.75) is 6.67 Å². The van der Waals surface area contributed by atoms with E-state index in [0.717, 1.165) is 4.90 Å². The van der Waals surface area contributed by atoms with E-state index in [0.29, 0.717) is 22.0 Å². The molecule has 0 saturated heterocycles. The van der Waals surface area contributed by atoms with E-state index >= 15 is 0 Å². The summed E-state index contributed by atoms with van der Waals surface area (Å²) in [7, 11) is 0. The predicted molar refractivity (Wildman–Crippen MR) is 105 cm³/mol. The number of hydrogen-bond donors (Lipinski definition) is 1. The highest BCUT2D eigenvalue weighted by molar-refractivity contribution is 6.21. The molecular weight excluding hydrogens is 391 g/mol. The third kappa shape index (κ3) is 3.57. The Balaban J connectivity index is 0.00000131. The summed E-state index contributed by atoms with van der Waals surface area (Å²) in [6, 6.07) is 13.8. The number of hydrogen-bond acceptors (Lipinski definition) is 5. The minimum absolute atomic E-state index is 0. The van der Waals surface area contributed by atoms with Gasteiger partial charge in [0.1, 0.15) is 0 Å². The van der Waals surface area contributed by atoms with Crippen molar-refractivity contribution in [1.82, 2.24) is 19.8 Å². The highest BCUT2D eigenvalue weighted by Crippen LogP contribution is 2.21. The van der Waals surface area contributed by atoms with E-state index in [-0.39, 0.29) is 55.5 Å². The van der Waals surface area contributed by atoms with Crippen LogP contribution in [0.15, 0.2) is 59.7 Å². The minimum Gasteiger partial charge on any atom is -0.285 e. The summed E-state index contributed by atoms with van der Waals surface area (Å²) in [6.45, 7) is 0.162. The molecule has 1 aromatic heterocycles. The van der Waals surface area contributed by atoms with Gasteiger partial charge in [0.05, 0.1) is 41.7 Å². The van der Waals surface area contributed by atoms with Crippen LogP contribution in [0.2, 0.25) is 0 Å². The quantitative estimate of drug-likeness (QED) is 0.670. The molecule has 27 heavy (non-hydrogen) atoms. The summed E-state index contributed by atoms with van der Waals surface area (Å²) in [4.78, 5) is 42.3. The van der Waals surface area contributed by atoms with Crippen molar-refractivity contribution in [3.8, 4) is 0 Å². The Morgan fingerprint density at radius 2 is 1.41 bits per heavy atom. The van der Waals surface area contributed by atoms with E-state index in [1.54, 1.807) is 42.5 Å². The number of nitrogens with zero attached hydrogens (tertiary/aromatic N) is 3. The van der Waals surface area contributed by atoms with Gasteiger partial charge in [0, 0.05) is 0 Å². The Labute approximate surface area is 166 Å². The molecule has 1 aliphatic heterocycles. The molecule has 2 amide bonds. The molecule has 0 atom stereocenters. The maximum Gasteiger partial charge on any atom is 0.262 e. The number of amides is 2. The molecule has 1 N–H and O–H groups in total. The van der Waals surface area contributed by atoms with Gasteiger partial charge in [-0.05, 0) is 24.3 Å². The zero-order chi connectivity index (χ0) is 17.4. The Morgan fingerprint density at radius 1 is 0.815 bits per heavy atom. The van der Waals surface area contributed by atoms with E-state index in [2.05, 4.69) is 10.3 Å². The van der Waals surface area contributed by atoms with Gasteiger partial charge in [-0.2, -0.15) is 0 Å². The molecule has 140 valence electrons. The molecule has 0 spiro atoms. The molecule has 9 heteroatoms. The number of carbonyl (C=O) groups is 2. The van der Waals surface area contributed by atoms with Crippen molar-refractivity contribution in [3.63, 3.8) is 0 Å². The first-order valence-electron chi connectivity index (χ1n) is 7.77. The molecule has 0 radical (unpaired) electrons. The molecule has 4 rings (SSSR count). The van der Waals surface area contributed by atoms with Crippen LogP contribution >= 0.6 is 24.8 Å². The first-order chi connectivity index (χ1) is 12.2. The highest BCUT2D eigenvalue weighted by Gasteiger charge is 2.34. The number of para-hydroxylation sites is 1. The van der Waals surface area contributed by atoms with Gasteiger partial charge in [-0.25, -0.2) is 4.98 Å². The minimum atomic E-state index is -0.336. The topological polar surface area (TPSA) is 84.3 Å². The van der Waals surface area contributed by atoms with Crippen LogP contribution < -0.4 is 10.9 Å². The van der Waals surface area contributed by atoms with Gasteiger partial charge in [0.25, 0.3) is 17.4 Å². The Bertz CT molecular complexity index is 1030. The molecule has 3 aromatic rings. The van der Waals surface area contributed by atoms with Gasteiger partial charge < -0.3 is 0 Å². The molecule has 0 bridgehead atoms. The molecule has 7 nitrogen and oxygen atoms in total. The second-order valence-electron chi connectivity index (χ2n) is 5.69. The second kappa shape index (κ2) is 8.30. The lowest BCUT2D eigenvalue weighted by molar-refractivity contribution is 0.0637. The summed E-state index contributed by atoms with van der Waals surface area (Å²) in [5, 5.41) is 3.47. The van der Waals surface area contributed by atoms with E-state index in [1.807, 2.05) is 6.07 Å². The van der Waals surface area contributed by atoms with Gasteiger partial charge in [-0.3, -0.25) is 29.2 Å². The standard InChI is InChI=1S/C18H14N4O3.2ClH/c23-16-14-7-3-4-8-15(14)20-11-21(16)9-19-10-22-17(24)12-5-1-2-6-13(12)18(22)25;;/h1-8,11,19H,9-10H2;2*1H. The van der Waals surface area contributed by atoms with Crippen LogP contribution in [0.25, 0.3) is 10.9 Å². The number of rotatable bonds is 4. The van der Waals surface area contributed by atoms with Crippen LogP contribution in [0.4, 0.5) is 0 Å². The van der Waals surface area contributed by atoms with Crippen molar-refractivity contribution >= 4 is 47.5 Å². The van der Waals surface area contributed by atoms with Crippen LogP contribution in [0.3, 0.4) is 0 Å². The number of halogens is 2. The van der Waals surface area contributed by atoms with Crippen LogP contribution in [0.5, 0.6) is 0 Å². The largest absolute Gasteiger partial charge is 0.285 e. The fourth-order valence-electron chi connectivity index (χ4n) is 2.88. The number of fused-ring (bicyclic) bond motifs is 2. The highest BCUT2D eigenvalue weighted by atomic mass is 35.5. The first kappa shape index (κ1) is 20.6. The van der Waals surface area contributed by atoms with E-state index in [4.69, 9.17) is 0 Å². The van der Waals surface area contributed by atoms with Gasteiger partial charge in [0.15, 0.2) is 0 Å². The van der Waals surface area contributed by atoms with Crippen LogP contribution in [-0.4, -0.2) is 32.9 Å². The summed E-state index contributed by atoms with van der Waals surface area (Å²) in [5.74, 6) is -0.672. The van der Waals surface area contributed by atoms with Gasteiger partial charge >= 0.3 is 0 Å². The average Bonchev–Trinajstić information content (AvgIpc) is 2.89. The van der Waals surface area contributed by atoms with E-state index < -0.39 is 0 Å². The lowest BCUT2D eigenvalue weighted by atomic mass is 10.1. The first-order valence-corrected chi connectivity index (χ1v) is 7.77. The third-order valence-electron chi connectivity index (χ3n) is 4.16. The second-order valence-corrected chi connectivity index (χ2v) is 5.69. The predicted octanol–water partition coefficient (Wildman–Crippen LogP) is 2.04. The summed E-state index contributed by atoms with van der Waals surface area (Å²) >= 11 is 0. The lowest BCUT2D eigenvalue weighted by Gasteiger charge is -2.15. The van der Waals surface area contributed by atoms with Crippen molar-refractivity contribution in [2.75, 3.05) is 6.67 Å². The molecule has 2 heterocycles. The van der Waals surface area contributed by atoms with Crippen LogP contribution in [0.1, 0.15) is 20.7 Å². The fourth-order valence-corrected chi connectivity index (χ4v) is 2.88. The smallest absolute Gasteiger partial charge is 0.262 e. The number of aromatic nitrogens is 2. The summed E-state index contributed by atoms with van der Waals surface area (Å²) < 4.78 is 1.40. The summed E-state index contributed by atoms with van der Waals surface area (Å²) in [6.07, 6.45) is 1.44. The molecular formula is C18H16Cl2N4O3. The molecule has 0 unspecified atom stereocenters. The van der Waals surface area contributed by atoms with Gasteiger partial charge in [0.2, 0.25) is 0 Å². The Hall–Kier alpha value is -2.74. The van der Waals surface area contributed by atoms with Gasteiger partial charge in [-0.15, -0.1) is 24.8 Å². The summed E-state index contributed by atoms with van der Waals surface area (Å²) in [5.41, 5.74) is 1.25. The van der Waals surface area contributed by atoms with Gasteiger partial charge in [-0.1, -0.05) is 24.3 Å². The Kier molecular flexibility index (Phi) is 6.32. The molecule has 1 aliphatic rings. The molecule has 0 aliphatic carbocycles. The number of carbonyl (C=O) groups excluding carboxylic acids is 2. The van der Waals surface area contributed by atoms with Crippen molar-refractivity contribution < 1.29 is 9.59 Å². The SMILES string of the molecule is Cl.Cl.O=C1c2ccccc2C(=O)N1CNCn1cnc2ccccc2c1=O. The van der Waals surface area contributed by atoms with Crippen molar-refractivity contribution in [1.29, 1.82) is 0 Å². The van der Waals surface area contributed by atoms with E-state index in [1.165, 1.54) is 10.9 Å². The number of nitrogens with one attached hydrogen (secondary N) is 1. The number of imide groups is 1. The maximum absolute atomic E-state index is 12.4. The van der Waals surface area contributed by atoms with Crippen LogP contribution in [-0.2, 0) is 6.67 Å². The lowest BCUT2D eigenvalue weighted by Crippen LogP contribution is -2.40. The number of benzene rings is 2. The van der Waals surface area contributed by atoms with Crippen molar-refractivity contribution in [3.05, 3.63) is 76.3 Å².